The minimum Gasteiger partial charge on any atom is -0.356 e. The molecule has 2 aliphatic heterocycles. The number of amides is 1. The van der Waals surface area contributed by atoms with Crippen LogP contribution in [0.5, 0.6) is 0 Å². The molecule has 2 fully saturated rings. The molecular weight excluding hydrogens is 390 g/mol. The van der Waals surface area contributed by atoms with E-state index in [0.29, 0.717) is 0 Å². The van der Waals surface area contributed by atoms with Crippen molar-refractivity contribution in [2.24, 2.45) is 0 Å². The molecule has 162 valence electrons. The van der Waals surface area contributed by atoms with E-state index in [9.17, 15) is 4.79 Å². The second kappa shape index (κ2) is 9.01. The van der Waals surface area contributed by atoms with Gasteiger partial charge in [-0.05, 0) is 31.2 Å². The smallest absolute Gasteiger partial charge is 0.242 e. The number of anilines is 1. The number of hydrogen-bond acceptors (Lipinski definition) is 6. The van der Waals surface area contributed by atoms with E-state index < -0.39 is 0 Å². The first-order valence-corrected chi connectivity index (χ1v) is 11.2. The van der Waals surface area contributed by atoms with Gasteiger partial charge < -0.3 is 10.2 Å². The van der Waals surface area contributed by atoms with Crippen LogP contribution in [0.25, 0.3) is 11.0 Å². The topological polar surface area (TPSA) is 79.2 Å². The van der Waals surface area contributed by atoms with Gasteiger partial charge in [-0.25, -0.2) is 14.6 Å². The molecule has 4 heterocycles. The molecule has 31 heavy (non-hydrogen) atoms. The molecular formula is C23H29N7O. The van der Waals surface area contributed by atoms with Crippen LogP contribution in [0.1, 0.15) is 31.2 Å². The van der Waals surface area contributed by atoms with Crippen LogP contribution in [0.2, 0.25) is 0 Å². The van der Waals surface area contributed by atoms with E-state index in [1.165, 1.54) is 18.4 Å². The molecule has 0 saturated carbocycles. The maximum absolute atomic E-state index is 12.7. The quantitative estimate of drug-likeness (QED) is 0.660. The number of nitrogens with zero attached hydrogens (tertiary/aromatic N) is 6. The van der Waals surface area contributed by atoms with E-state index in [-0.39, 0.29) is 18.5 Å². The summed E-state index contributed by atoms with van der Waals surface area (Å²) in [6, 6.07) is 10.8. The van der Waals surface area contributed by atoms with Crippen molar-refractivity contribution < 1.29 is 4.79 Å². The van der Waals surface area contributed by atoms with Gasteiger partial charge in [-0.2, -0.15) is 5.10 Å². The van der Waals surface area contributed by atoms with Crippen LogP contribution in [-0.2, 0) is 17.9 Å². The molecule has 0 atom stereocenters. The Labute approximate surface area is 182 Å². The van der Waals surface area contributed by atoms with Crippen molar-refractivity contribution in [1.29, 1.82) is 0 Å². The zero-order valence-corrected chi connectivity index (χ0v) is 17.8. The molecule has 3 aromatic rings. The predicted octanol–water partition coefficient (Wildman–Crippen LogP) is 2.21. The zero-order chi connectivity index (χ0) is 21.0. The number of fused-ring (bicyclic) bond motifs is 1. The normalized spacial score (nSPS) is 18.0. The van der Waals surface area contributed by atoms with Gasteiger partial charge in [0.05, 0.1) is 11.6 Å². The van der Waals surface area contributed by atoms with E-state index >= 15 is 0 Å². The van der Waals surface area contributed by atoms with Crippen LogP contribution in [0.3, 0.4) is 0 Å². The van der Waals surface area contributed by atoms with Gasteiger partial charge in [0.1, 0.15) is 18.7 Å². The van der Waals surface area contributed by atoms with E-state index in [1.807, 2.05) is 6.07 Å². The third-order valence-electron chi connectivity index (χ3n) is 6.31. The molecule has 8 heteroatoms. The maximum Gasteiger partial charge on any atom is 0.242 e. The molecule has 0 bridgehead atoms. The summed E-state index contributed by atoms with van der Waals surface area (Å²) in [5, 5.41) is 8.56. The molecule has 0 unspecified atom stereocenters. The van der Waals surface area contributed by atoms with Gasteiger partial charge in [-0.3, -0.25) is 9.69 Å². The number of aromatic nitrogens is 4. The lowest BCUT2D eigenvalue weighted by Crippen LogP contribution is -2.45. The third kappa shape index (κ3) is 4.54. The predicted molar refractivity (Wildman–Crippen MR) is 120 cm³/mol. The van der Waals surface area contributed by atoms with E-state index in [4.69, 9.17) is 0 Å². The lowest BCUT2D eigenvalue weighted by Gasteiger charge is -2.32. The minimum absolute atomic E-state index is 0.00663. The van der Waals surface area contributed by atoms with Crippen molar-refractivity contribution in [2.45, 2.75) is 44.8 Å². The summed E-state index contributed by atoms with van der Waals surface area (Å²) >= 11 is 0. The number of hydrogen-bond donors (Lipinski definition) is 1. The number of carbonyl (C=O) groups is 1. The first-order valence-electron chi connectivity index (χ1n) is 11.2. The summed E-state index contributed by atoms with van der Waals surface area (Å²) in [4.78, 5) is 26.3. The summed E-state index contributed by atoms with van der Waals surface area (Å²) < 4.78 is 1.69. The van der Waals surface area contributed by atoms with Gasteiger partial charge in [-0.1, -0.05) is 30.3 Å². The lowest BCUT2D eigenvalue weighted by molar-refractivity contribution is -0.122. The molecule has 2 aromatic heterocycles. The summed E-state index contributed by atoms with van der Waals surface area (Å²) in [6.07, 6.45) is 7.69. The fourth-order valence-electron chi connectivity index (χ4n) is 4.66. The van der Waals surface area contributed by atoms with Gasteiger partial charge >= 0.3 is 0 Å². The first-order chi connectivity index (χ1) is 15.3. The Kier molecular flexibility index (Phi) is 5.80. The van der Waals surface area contributed by atoms with Gasteiger partial charge in [-0.15, -0.1) is 0 Å². The van der Waals surface area contributed by atoms with Crippen molar-refractivity contribution in [1.82, 2.24) is 30.0 Å². The standard InChI is InChI=1S/C23H29N7O/c31-21(27-19-8-12-28(13-9-19)15-18-6-2-1-3-7-18)16-30-23-20(14-26-30)22(24-17-25-23)29-10-4-5-11-29/h1-3,6-7,14,17,19H,4-5,8-13,15-16H2,(H,27,31). The van der Waals surface area contributed by atoms with Crippen LogP contribution in [0.15, 0.2) is 42.9 Å². The first kappa shape index (κ1) is 19.9. The van der Waals surface area contributed by atoms with E-state index in [0.717, 1.165) is 62.4 Å². The van der Waals surface area contributed by atoms with Gasteiger partial charge in [0.2, 0.25) is 5.91 Å². The highest BCUT2D eigenvalue weighted by Gasteiger charge is 2.22. The molecule has 1 amide bonds. The second-order valence-electron chi connectivity index (χ2n) is 8.53. The lowest BCUT2D eigenvalue weighted by atomic mass is 10.0. The molecule has 0 radical (unpaired) electrons. The Hall–Kier alpha value is -3.00. The van der Waals surface area contributed by atoms with Crippen molar-refractivity contribution >= 4 is 22.8 Å². The second-order valence-corrected chi connectivity index (χ2v) is 8.53. The fourth-order valence-corrected chi connectivity index (χ4v) is 4.66. The highest BCUT2D eigenvalue weighted by atomic mass is 16.2. The third-order valence-corrected chi connectivity index (χ3v) is 6.31. The molecule has 1 aromatic carbocycles. The summed E-state index contributed by atoms with van der Waals surface area (Å²) in [7, 11) is 0. The van der Waals surface area contributed by atoms with Crippen LogP contribution in [0.4, 0.5) is 5.82 Å². The fraction of sp³-hybridized carbons (Fsp3) is 0.478. The van der Waals surface area contributed by atoms with Crippen molar-refractivity contribution in [3.63, 3.8) is 0 Å². The summed E-state index contributed by atoms with van der Waals surface area (Å²) in [5.41, 5.74) is 2.07. The van der Waals surface area contributed by atoms with Crippen LogP contribution in [-0.4, -0.2) is 62.8 Å². The number of nitrogens with one attached hydrogen (secondary N) is 1. The maximum atomic E-state index is 12.7. The largest absolute Gasteiger partial charge is 0.356 e. The average molecular weight is 420 g/mol. The SMILES string of the molecule is O=C(Cn1ncc2c(N3CCCC3)ncnc21)NC1CCN(Cc2ccccc2)CC1. The van der Waals surface area contributed by atoms with Crippen molar-refractivity contribution in [3.8, 4) is 0 Å². The number of benzene rings is 1. The van der Waals surface area contributed by atoms with Crippen LogP contribution < -0.4 is 10.2 Å². The zero-order valence-electron chi connectivity index (χ0n) is 17.8. The Morgan fingerprint density at radius 2 is 1.81 bits per heavy atom. The Balaban J connectivity index is 1.16. The number of carbonyl (C=O) groups excluding carboxylic acids is 1. The molecule has 0 aliphatic carbocycles. The molecule has 0 spiro atoms. The monoisotopic (exact) mass is 419 g/mol. The van der Waals surface area contributed by atoms with Crippen molar-refractivity contribution in [2.75, 3.05) is 31.1 Å². The summed E-state index contributed by atoms with van der Waals surface area (Å²) in [5.74, 6) is 0.924. The number of rotatable bonds is 6. The Morgan fingerprint density at radius 3 is 2.58 bits per heavy atom. The molecule has 2 aliphatic rings. The van der Waals surface area contributed by atoms with Gasteiger partial charge in [0.25, 0.3) is 0 Å². The highest BCUT2D eigenvalue weighted by molar-refractivity contribution is 5.88. The van der Waals surface area contributed by atoms with Crippen LogP contribution >= 0.6 is 0 Å². The average Bonchev–Trinajstić information content (AvgIpc) is 3.46. The van der Waals surface area contributed by atoms with Gasteiger partial charge in [0, 0.05) is 38.8 Å². The van der Waals surface area contributed by atoms with Crippen molar-refractivity contribution in [3.05, 3.63) is 48.4 Å². The van der Waals surface area contributed by atoms with E-state index in [1.54, 1.807) is 17.2 Å². The number of piperidine rings is 1. The summed E-state index contributed by atoms with van der Waals surface area (Å²) in [6.45, 7) is 5.18. The Morgan fingerprint density at radius 1 is 1.03 bits per heavy atom. The van der Waals surface area contributed by atoms with Gasteiger partial charge in [0.15, 0.2) is 5.65 Å². The molecule has 8 nitrogen and oxygen atoms in total. The highest BCUT2D eigenvalue weighted by Crippen LogP contribution is 2.25. The molecule has 2 saturated heterocycles. The van der Waals surface area contributed by atoms with E-state index in [2.05, 4.69) is 54.4 Å². The van der Waals surface area contributed by atoms with Crippen LogP contribution in [0, 0.1) is 0 Å². The minimum atomic E-state index is -0.00663. The molecule has 1 N–H and O–H groups in total. The molecule has 5 rings (SSSR count). The Bertz CT molecular complexity index is 1020. The number of likely N-dealkylation sites (tertiary alicyclic amines) is 1.